The van der Waals surface area contributed by atoms with Gasteiger partial charge < -0.3 is 9.13 Å². The first kappa shape index (κ1) is 24.7. The van der Waals surface area contributed by atoms with Crippen LogP contribution in [0.3, 0.4) is 0 Å². The summed E-state index contributed by atoms with van der Waals surface area (Å²) in [5, 5.41) is 8.01. The molecule has 0 fully saturated rings. The molecule has 0 radical (unpaired) electrons. The Bertz CT molecular complexity index is 2780. The number of aromatic nitrogens is 2. The summed E-state index contributed by atoms with van der Waals surface area (Å²) in [7, 11) is 0. The van der Waals surface area contributed by atoms with Gasteiger partial charge in [0.1, 0.15) is 0 Å². The topological polar surface area (TPSA) is 9.86 Å². The van der Waals surface area contributed by atoms with E-state index in [0.717, 1.165) is 0 Å². The molecule has 9 aromatic rings. The zero-order valence-electron chi connectivity index (χ0n) is 25.8. The molecule has 0 aliphatic carbocycles. The molecule has 2 nitrogen and oxygen atoms in total. The fourth-order valence-electron chi connectivity index (χ4n) is 9.40. The van der Waals surface area contributed by atoms with Gasteiger partial charge in [0.15, 0.2) is 0 Å². The average Bonchev–Trinajstić information content (AvgIpc) is 3.61. The van der Waals surface area contributed by atoms with Gasteiger partial charge in [-0.3, -0.25) is 0 Å². The Kier molecular flexibility index (Phi) is 4.51. The molecular weight excluding hydrogens is 555 g/mol. The first-order valence-electron chi connectivity index (χ1n) is 16.3. The number of hydrogen-bond donors (Lipinski definition) is 0. The molecule has 11 rings (SSSR count). The van der Waals surface area contributed by atoms with Crippen LogP contribution in [0.2, 0.25) is 0 Å². The SMILES string of the molecule is CC1(C)c2cccc3c2B(c2ccc4c(c21)c1ccccc1n4-c1ccccc1)c1c2ccccc2cc2c4ccccc4n-3c12. The summed E-state index contributed by atoms with van der Waals surface area (Å²) in [6.45, 7) is 5.03. The minimum absolute atomic E-state index is 0.128. The third kappa shape index (κ3) is 2.82. The molecule has 0 atom stereocenters. The smallest absolute Gasteiger partial charge is 0.248 e. The number of para-hydroxylation sites is 3. The third-order valence-corrected chi connectivity index (χ3v) is 11.1. The summed E-state index contributed by atoms with van der Waals surface area (Å²) in [6, 6.07) is 52.2. The van der Waals surface area contributed by atoms with E-state index in [-0.39, 0.29) is 12.1 Å². The van der Waals surface area contributed by atoms with Crippen molar-refractivity contribution in [1.29, 1.82) is 0 Å². The lowest BCUT2D eigenvalue weighted by atomic mass is 9.30. The third-order valence-electron chi connectivity index (χ3n) is 11.1. The fraction of sp³-hybridized carbons (Fsp3) is 0.0698. The van der Waals surface area contributed by atoms with Gasteiger partial charge in [-0.15, -0.1) is 0 Å². The quantitative estimate of drug-likeness (QED) is 0.171. The standard InChI is InChI=1S/C43H29BN2/c1-43(2)32-19-12-22-37-41(32)44(40-28-16-7-6-13-26(28)25-31-29-17-8-10-20-34(29)46(37)42(31)40)33-23-24-36-38(39(33)43)30-18-9-11-21-35(30)45(36)27-14-4-3-5-15-27/h3-25H,1-2H3. The first-order valence-corrected chi connectivity index (χ1v) is 16.3. The second kappa shape index (κ2) is 8.38. The summed E-state index contributed by atoms with van der Waals surface area (Å²) in [4.78, 5) is 0. The van der Waals surface area contributed by atoms with E-state index < -0.39 is 0 Å². The monoisotopic (exact) mass is 584 g/mol. The minimum atomic E-state index is -0.216. The molecule has 0 spiro atoms. The normalized spacial score (nSPS) is 14.4. The van der Waals surface area contributed by atoms with Crippen LogP contribution in [-0.4, -0.2) is 15.8 Å². The van der Waals surface area contributed by atoms with Crippen molar-refractivity contribution in [3.05, 3.63) is 151 Å². The van der Waals surface area contributed by atoms with E-state index in [1.54, 1.807) is 0 Å². The van der Waals surface area contributed by atoms with Crippen molar-refractivity contribution in [2.24, 2.45) is 0 Å². The maximum Gasteiger partial charge on any atom is 0.248 e. The van der Waals surface area contributed by atoms with Crippen molar-refractivity contribution >= 4 is 77.5 Å². The Morgan fingerprint density at radius 1 is 0.522 bits per heavy atom. The van der Waals surface area contributed by atoms with Crippen LogP contribution >= 0.6 is 0 Å². The maximum absolute atomic E-state index is 2.57. The lowest BCUT2D eigenvalue weighted by Crippen LogP contribution is -2.63. The summed E-state index contributed by atoms with van der Waals surface area (Å²) >= 11 is 0. The number of rotatable bonds is 1. The molecule has 0 unspecified atom stereocenters. The molecule has 3 heteroatoms. The van der Waals surface area contributed by atoms with E-state index in [9.17, 15) is 0 Å². The minimum Gasteiger partial charge on any atom is -0.310 e. The van der Waals surface area contributed by atoms with Crippen LogP contribution in [0, 0.1) is 0 Å². The Hall–Kier alpha value is -5.54. The van der Waals surface area contributed by atoms with E-state index in [1.165, 1.54) is 93.3 Å². The van der Waals surface area contributed by atoms with Gasteiger partial charge in [0.25, 0.3) is 0 Å². The maximum atomic E-state index is 2.57. The van der Waals surface area contributed by atoms with Crippen molar-refractivity contribution in [3.8, 4) is 11.4 Å². The van der Waals surface area contributed by atoms with Gasteiger partial charge in [0.2, 0.25) is 6.71 Å². The summed E-state index contributed by atoms with van der Waals surface area (Å²) in [6.07, 6.45) is 0. The van der Waals surface area contributed by atoms with Crippen molar-refractivity contribution < 1.29 is 0 Å². The van der Waals surface area contributed by atoms with Crippen molar-refractivity contribution in [2.45, 2.75) is 19.3 Å². The number of nitrogens with zero attached hydrogens (tertiary/aromatic N) is 2. The first-order chi connectivity index (χ1) is 22.6. The highest BCUT2D eigenvalue weighted by Gasteiger charge is 2.46. The highest BCUT2D eigenvalue weighted by molar-refractivity contribution is 7.00. The Balaban J connectivity index is 1.37. The van der Waals surface area contributed by atoms with E-state index in [1.807, 2.05) is 0 Å². The summed E-state index contributed by atoms with van der Waals surface area (Å²) in [5.74, 6) is 0. The second-order valence-corrected chi connectivity index (χ2v) is 13.7. The molecule has 7 aromatic carbocycles. The average molecular weight is 585 g/mol. The summed E-state index contributed by atoms with van der Waals surface area (Å²) < 4.78 is 5.03. The van der Waals surface area contributed by atoms with E-state index in [4.69, 9.17) is 0 Å². The molecule has 46 heavy (non-hydrogen) atoms. The van der Waals surface area contributed by atoms with Crippen LogP contribution in [0.1, 0.15) is 25.0 Å². The van der Waals surface area contributed by atoms with Crippen molar-refractivity contribution in [1.82, 2.24) is 9.13 Å². The molecule has 0 bridgehead atoms. The van der Waals surface area contributed by atoms with Crippen LogP contribution in [-0.2, 0) is 5.41 Å². The van der Waals surface area contributed by atoms with E-state index in [2.05, 4.69) is 163 Å². The molecule has 2 aliphatic heterocycles. The van der Waals surface area contributed by atoms with Gasteiger partial charge in [-0.2, -0.15) is 0 Å². The molecule has 0 amide bonds. The Morgan fingerprint density at radius 2 is 1.22 bits per heavy atom. The molecule has 0 N–H and O–H groups in total. The van der Waals surface area contributed by atoms with Crippen molar-refractivity contribution in [2.75, 3.05) is 0 Å². The Labute approximate surface area is 267 Å². The highest BCUT2D eigenvalue weighted by Crippen LogP contribution is 2.45. The second-order valence-electron chi connectivity index (χ2n) is 13.7. The fourth-order valence-corrected chi connectivity index (χ4v) is 9.40. The number of hydrogen-bond acceptors (Lipinski definition) is 0. The van der Waals surface area contributed by atoms with Gasteiger partial charge >= 0.3 is 0 Å². The lowest BCUT2D eigenvalue weighted by molar-refractivity contribution is 0.652. The molecule has 0 saturated carbocycles. The van der Waals surface area contributed by atoms with Gasteiger partial charge in [0.05, 0.1) is 16.6 Å². The zero-order valence-corrected chi connectivity index (χ0v) is 25.8. The molecule has 2 aliphatic rings. The lowest BCUT2D eigenvalue weighted by Gasteiger charge is -2.42. The van der Waals surface area contributed by atoms with Crippen LogP contribution in [0.25, 0.3) is 65.8 Å². The highest BCUT2D eigenvalue weighted by atomic mass is 15.0. The predicted molar refractivity (Wildman–Crippen MR) is 196 cm³/mol. The van der Waals surface area contributed by atoms with Gasteiger partial charge in [-0.1, -0.05) is 116 Å². The van der Waals surface area contributed by atoms with Crippen molar-refractivity contribution in [3.63, 3.8) is 0 Å². The van der Waals surface area contributed by atoms with Gasteiger partial charge in [-0.25, -0.2) is 0 Å². The number of fused-ring (bicyclic) bond motifs is 13. The van der Waals surface area contributed by atoms with E-state index in [0.29, 0.717) is 0 Å². The zero-order chi connectivity index (χ0) is 30.3. The van der Waals surface area contributed by atoms with Crippen LogP contribution < -0.4 is 16.4 Å². The molecular formula is C43H29BN2. The molecule has 214 valence electrons. The largest absolute Gasteiger partial charge is 0.310 e. The van der Waals surface area contributed by atoms with Crippen LogP contribution in [0.5, 0.6) is 0 Å². The van der Waals surface area contributed by atoms with Crippen LogP contribution in [0.15, 0.2) is 140 Å². The Morgan fingerprint density at radius 3 is 2.04 bits per heavy atom. The summed E-state index contributed by atoms with van der Waals surface area (Å²) in [5.41, 5.74) is 14.7. The molecule has 4 heterocycles. The van der Waals surface area contributed by atoms with Gasteiger partial charge in [-0.05, 0) is 75.3 Å². The van der Waals surface area contributed by atoms with E-state index >= 15 is 0 Å². The predicted octanol–water partition coefficient (Wildman–Crippen LogP) is 8.50. The molecule has 2 aromatic heterocycles. The molecule has 0 saturated heterocycles. The van der Waals surface area contributed by atoms with Gasteiger partial charge in [0, 0.05) is 43.9 Å². The van der Waals surface area contributed by atoms with Crippen LogP contribution in [0.4, 0.5) is 0 Å². The number of benzene rings is 7.